The van der Waals surface area contributed by atoms with Crippen molar-refractivity contribution in [1.29, 1.82) is 0 Å². The van der Waals surface area contributed by atoms with Gasteiger partial charge < -0.3 is 4.42 Å². The summed E-state index contributed by atoms with van der Waals surface area (Å²) >= 11 is 0. The molecule has 0 N–H and O–H groups in total. The van der Waals surface area contributed by atoms with Crippen LogP contribution < -0.4 is 0 Å². The Hall–Kier alpha value is -1.64. The summed E-state index contributed by atoms with van der Waals surface area (Å²) < 4.78 is 5.09. The van der Waals surface area contributed by atoms with E-state index >= 15 is 0 Å². The molecule has 0 fully saturated rings. The highest BCUT2D eigenvalue weighted by Crippen LogP contribution is 2.04. The Kier molecular flexibility index (Phi) is 3.02. The van der Waals surface area contributed by atoms with Gasteiger partial charge in [0, 0.05) is 18.8 Å². The molecule has 1 aromatic rings. The fourth-order valence-corrected chi connectivity index (χ4v) is 0.785. The van der Waals surface area contributed by atoms with Gasteiger partial charge in [-0.3, -0.25) is 9.79 Å². The van der Waals surface area contributed by atoms with Crippen molar-refractivity contribution in [2.75, 3.05) is 0 Å². The van der Waals surface area contributed by atoms with Crippen LogP contribution in [0.5, 0.6) is 0 Å². The standard InChI is InChI=1S/C9H9NO2/c1-2-10-6-5-8-3-4-9(7-11)12-8/h2-4,6-7H,1,5H2. The largest absolute Gasteiger partial charge is 0.458 e. The molecule has 0 aromatic carbocycles. The first-order valence-corrected chi connectivity index (χ1v) is 3.53. The van der Waals surface area contributed by atoms with E-state index in [9.17, 15) is 4.79 Å². The average Bonchev–Trinajstić information content (AvgIpc) is 2.53. The molecule has 62 valence electrons. The Labute approximate surface area is 70.4 Å². The number of hydrogen-bond acceptors (Lipinski definition) is 3. The molecule has 1 rings (SSSR count). The van der Waals surface area contributed by atoms with Crippen molar-refractivity contribution in [1.82, 2.24) is 0 Å². The summed E-state index contributed by atoms with van der Waals surface area (Å²) in [6, 6.07) is 3.38. The molecule has 0 aliphatic heterocycles. The SMILES string of the molecule is C=CN=CCc1ccc(C=O)o1. The van der Waals surface area contributed by atoms with Gasteiger partial charge in [-0.05, 0) is 12.1 Å². The summed E-state index contributed by atoms with van der Waals surface area (Å²) in [6.45, 7) is 3.43. The zero-order valence-electron chi connectivity index (χ0n) is 6.56. The summed E-state index contributed by atoms with van der Waals surface area (Å²) in [4.78, 5) is 14.0. The maximum atomic E-state index is 10.2. The van der Waals surface area contributed by atoms with Crippen LogP contribution in [0, 0.1) is 0 Å². The van der Waals surface area contributed by atoms with Crippen molar-refractivity contribution >= 4 is 12.5 Å². The number of aldehydes is 1. The van der Waals surface area contributed by atoms with Crippen molar-refractivity contribution in [2.45, 2.75) is 6.42 Å². The van der Waals surface area contributed by atoms with Crippen LogP contribution in [-0.4, -0.2) is 12.5 Å². The van der Waals surface area contributed by atoms with Crippen LogP contribution in [0.25, 0.3) is 0 Å². The molecule has 0 saturated carbocycles. The smallest absolute Gasteiger partial charge is 0.185 e. The monoisotopic (exact) mass is 163 g/mol. The lowest BCUT2D eigenvalue weighted by atomic mass is 10.3. The number of nitrogens with zero attached hydrogens (tertiary/aromatic N) is 1. The van der Waals surface area contributed by atoms with Crippen molar-refractivity contribution in [2.24, 2.45) is 4.99 Å². The summed E-state index contributed by atoms with van der Waals surface area (Å²) in [6.07, 6.45) is 4.37. The number of aliphatic imine (C=N–C) groups is 1. The first kappa shape index (κ1) is 8.46. The Bertz CT molecular complexity index is 299. The second-order valence-corrected chi connectivity index (χ2v) is 2.14. The molecule has 12 heavy (non-hydrogen) atoms. The molecule has 1 heterocycles. The third-order valence-corrected chi connectivity index (χ3v) is 1.30. The van der Waals surface area contributed by atoms with Crippen LogP contribution in [-0.2, 0) is 6.42 Å². The van der Waals surface area contributed by atoms with Gasteiger partial charge in [-0.25, -0.2) is 0 Å². The van der Waals surface area contributed by atoms with Crippen molar-refractivity contribution in [3.63, 3.8) is 0 Å². The van der Waals surface area contributed by atoms with Crippen molar-refractivity contribution in [3.05, 3.63) is 36.4 Å². The van der Waals surface area contributed by atoms with E-state index in [1.165, 1.54) is 6.20 Å². The maximum absolute atomic E-state index is 10.2. The maximum Gasteiger partial charge on any atom is 0.185 e. The molecule has 0 radical (unpaired) electrons. The molecule has 0 spiro atoms. The Morgan fingerprint density at radius 3 is 3.00 bits per heavy atom. The van der Waals surface area contributed by atoms with Crippen molar-refractivity contribution < 1.29 is 9.21 Å². The zero-order valence-corrected chi connectivity index (χ0v) is 6.56. The van der Waals surface area contributed by atoms with Gasteiger partial charge in [0.2, 0.25) is 0 Å². The number of carbonyl (C=O) groups excluding carboxylic acids is 1. The summed E-state index contributed by atoms with van der Waals surface area (Å²) in [5.41, 5.74) is 0. The van der Waals surface area contributed by atoms with Crippen LogP contribution in [0.15, 0.2) is 34.3 Å². The van der Waals surface area contributed by atoms with E-state index in [0.29, 0.717) is 18.5 Å². The molecule has 0 bridgehead atoms. The van der Waals surface area contributed by atoms with Gasteiger partial charge in [0.15, 0.2) is 12.0 Å². The van der Waals surface area contributed by atoms with E-state index in [1.54, 1.807) is 18.3 Å². The van der Waals surface area contributed by atoms with Gasteiger partial charge in [-0.15, -0.1) is 0 Å². The predicted octanol–water partition coefficient (Wildman–Crippen LogP) is 1.85. The minimum atomic E-state index is 0.344. The first-order valence-electron chi connectivity index (χ1n) is 3.53. The van der Waals surface area contributed by atoms with E-state index in [2.05, 4.69) is 11.6 Å². The van der Waals surface area contributed by atoms with Crippen LogP contribution in [0.4, 0.5) is 0 Å². The van der Waals surface area contributed by atoms with E-state index in [0.717, 1.165) is 5.76 Å². The molecule has 0 unspecified atom stereocenters. The summed E-state index contributed by atoms with van der Waals surface area (Å²) in [7, 11) is 0. The molecule has 1 aromatic heterocycles. The fourth-order valence-electron chi connectivity index (χ4n) is 0.785. The highest BCUT2D eigenvalue weighted by molar-refractivity contribution is 5.70. The first-order chi connectivity index (χ1) is 5.86. The second kappa shape index (κ2) is 4.28. The molecule has 0 atom stereocenters. The van der Waals surface area contributed by atoms with Crippen LogP contribution in [0.2, 0.25) is 0 Å². The molecule has 0 aliphatic rings. The van der Waals surface area contributed by atoms with Gasteiger partial charge in [0.25, 0.3) is 0 Å². The van der Waals surface area contributed by atoms with Gasteiger partial charge >= 0.3 is 0 Å². The second-order valence-electron chi connectivity index (χ2n) is 2.14. The minimum absolute atomic E-state index is 0.344. The van der Waals surface area contributed by atoms with Gasteiger partial charge in [-0.2, -0.15) is 0 Å². The molecular formula is C9H9NO2. The third kappa shape index (κ3) is 2.20. The molecule has 0 saturated heterocycles. The number of carbonyl (C=O) groups is 1. The van der Waals surface area contributed by atoms with Crippen LogP contribution in [0.1, 0.15) is 16.3 Å². The van der Waals surface area contributed by atoms with Crippen molar-refractivity contribution in [3.8, 4) is 0 Å². The Morgan fingerprint density at radius 1 is 1.58 bits per heavy atom. The molecule has 3 nitrogen and oxygen atoms in total. The molecule has 0 amide bonds. The van der Waals surface area contributed by atoms with E-state index in [1.807, 2.05) is 0 Å². The van der Waals surface area contributed by atoms with E-state index in [-0.39, 0.29) is 0 Å². The molecule has 0 aliphatic carbocycles. The molecular weight excluding hydrogens is 154 g/mol. The highest BCUT2D eigenvalue weighted by atomic mass is 16.3. The van der Waals surface area contributed by atoms with Gasteiger partial charge in [0.05, 0.1) is 0 Å². The van der Waals surface area contributed by atoms with Crippen LogP contribution >= 0.6 is 0 Å². The third-order valence-electron chi connectivity index (χ3n) is 1.30. The quantitative estimate of drug-likeness (QED) is 0.502. The van der Waals surface area contributed by atoms with E-state index in [4.69, 9.17) is 4.42 Å². The lowest BCUT2D eigenvalue weighted by molar-refractivity contribution is 0.109. The Balaban J connectivity index is 2.57. The van der Waals surface area contributed by atoms with Gasteiger partial charge in [0.1, 0.15) is 5.76 Å². The number of rotatable bonds is 4. The van der Waals surface area contributed by atoms with Crippen LogP contribution in [0.3, 0.4) is 0 Å². The fraction of sp³-hybridized carbons (Fsp3) is 0.111. The Morgan fingerprint density at radius 2 is 2.42 bits per heavy atom. The summed E-state index contributed by atoms with van der Waals surface area (Å²) in [5.74, 6) is 1.07. The van der Waals surface area contributed by atoms with E-state index < -0.39 is 0 Å². The van der Waals surface area contributed by atoms with Gasteiger partial charge in [-0.1, -0.05) is 6.58 Å². The summed E-state index contributed by atoms with van der Waals surface area (Å²) in [5, 5.41) is 0. The average molecular weight is 163 g/mol. The zero-order chi connectivity index (χ0) is 8.81. The molecule has 3 heteroatoms. The topological polar surface area (TPSA) is 42.6 Å². The number of furan rings is 1. The minimum Gasteiger partial charge on any atom is -0.458 e. The lowest BCUT2D eigenvalue weighted by Gasteiger charge is -1.85. The predicted molar refractivity (Wildman–Crippen MR) is 46.5 cm³/mol. The highest BCUT2D eigenvalue weighted by Gasteiger charge is 1.97. The number of hydrogen-bond donors (Lipinski definition) is 0. The lowest BCUT2D eigenvalue weighted by Crippen LogP contribution is -1.80. The normalized spacial score (nSPS) is 10.3.